The van der Waals surface area contributed by atoms with Crippen LogP contribution in [0.5, 0.6) is 0 Å². The van der Waals surface area contributed by atoms with E-state index in [1.165, 1.54) is 186 Å². The zero-order valence-electron chi connectivity index (χ0n) is 63.6. The van der Waals surface area contributed by atoms with E-state index in [2.05, 4.69) is 65.8 Å². The fourth-order valence-corrected chi connectivity index (χ4v) is 13.2. The minimum Gasteiger partial charge on any atom is -0.462 e. The lowest BCUT2D eigenvalue weighted by atomic mass is 10.0. The summed E-state index contributed by atoms with van der Waals surface area (Å²) in [5.74, 6) is -0.575. The van der Waals surface area contributed by atoms with Crippen molar-refractivity contribution in [3.63, 3.8) is 0 Å². The molecule has 3 N–H and O–H groups in total. The van der Waals surface area contributed by atoms with Gasteiger partial charge in [0.1, 0.15) is 19.3 Å². The highest BCUT2D eigenvalue weighted by molar-refractivity contribution is 7.47. The van der Waals surface area contributed by atoms with Crippen LogP contribution in [0.15, 0.2) is 24.3 Å². The molecule has 0 aliphatic carbocycles. The SMILES string of the molecule is CCCCCC/C=C\C=C/CCCCCCCC(=O)OC[C@H](COP(=O)(O)OC[C@@H](O)COP(=O)(O)OC[C@@H](COC(=O)CCCCCCCCCCC)OC(=O)CCCCCCCCCCCCC(C)C)OC(=O)CCCCCCCCCCCCCCCCCCCCC(C)C. The van der Waals surface area contributed by atoms with E-state index in [4.69, 9.17) is 37.0 Å². The van der Waals surface area contributed by atoms with Crippen molar-refractivity contribution >= 4 is 39.5 Å². The Labute approximate surface area is 599 Å². The van der Waals surface area contributed by atoms with Crippen LogP contribution in [0.1, 0.15) is 388 Å². The number of aliphatic hydroxyl groups excluding tert-OH is 1. The lowest BCUT2D eigenvalue weighted by Crippen LogP contribution is -2.30. The normalized spacial score (nSPS) is 14.1. The molecule has 2 unspecified atom stereocenters. The number of unbranched alkanes of at least 4 members (excludes halogenated alkanes) is 43. The van der Waals surface area contributed by atoms with Crippen LogP contribution in [-0.2, 0) is 65.4 Å². The van der Waals surface area contributed by atoms with Gasteiger partial charge in [-0.15, -0.1) is 0 Å². The summed E-state index contributed by atoms with van der Waals surface area (Å²) in [6, 6.07) is 0. The quantitative estimate of drug-likeness (QED) is 0.0169. The topological polar surface area (TPSA) is 237 Å². The molecule has 0 saturated heterocycles. The van der Waals surface area contributed by atoms with Gasteiger partial charge in [-0.05, 0) is 63.2 Å². The minimum atomic E-state index is -4.97. The number of hydrogen-bond acceptors (Lipinski definition) is 15. The van der Waals surface area contributed by atoms with Gasteiger partial charge in [-0.3, -0.25) is 37.3 Å². The van der Waals surface area contributed by atoms with Crippen LogP contribution in [0, 0.1) is 11.8 Å². The average Bonchev–Trinajstić information content (AvgIpc) is 1.06. The van der Waals surface area contributed by atoms with Crippen LogP contribution in [0.2, 0.25) is 0 Å². The Kier molecular flexibility index (Phi) is 68.5. The molecule has 0 aromatic carbocycles. The van der Waals surface area contributed by atoms with Crippen molar-refractivity contribution in [3.8, 4) is 0 Å². The monoisotopic (exact) mass is 1430 g/mol. The van der Waals surface area contributed by atoms with Gasteiger partial charge in [0.2, 0.25) is 0 Å². The van der Waals surface area contributed by atoms with E-state index < -0.39 is 97.5 Å². The highest BCUT2D eigenvalue weighted by Gasteiger charge is 2.30. The van der Waals surface area contributed by atoms with Gasteiger partial charge in [-0.2, -0.15) is 0 Å². The number of esters is 4. The van der Waals surface area contributed by atoms with Gasteiger partial charge in [0.05, 0.1) is 26.4 Å². The minimum absolute atomic E-state index is 0.101. The second-order valence-corrected chi connectivity index (χ2v) is 31.6. The van der Waals surface area contributed by atoms with Crippen molar-refractivity contribution in [2.75, 3.05) is 39.6 Å². The first-order chi connectivity index (χ1) is 47.4. The van der Waals surface area contributed by atoms with Gasteiger partial charge in [-0.1, -0.05) is 336 Å². The molecule has 17 nitrogen and oxygen atoms in total. The van der Waals surface area contributed by atoms with E-state index in [1.807, 2.05) is 0 Å². The summed E-state index contributed by atoms with van der Waals surface area (Å²) in [5, 5.41) is 10.6. The lowest BCUT2D eigenvalue weighted by molar-refractivity contribution is -0.161. The largest absolute Gasteiger partial charge is 0.472 e. The average molecular weight is 1430 g/mol. The first kappa shape index (κ1) is 95.5. The van der Waals surface area contributed by atoms with Gasteiger partial charge in [0, 0.05) is 25.7 Å². The van der Waals surface area contributed by atoms with Crippen molar-refractivity contribution in [3.05, 3.63) is 24.3 Å². The molecule has 0 bridgehead atoms. The Bertz CT molecular complexity index is 1980. The van der Waals surface area contributed by atoms with Gasteiger partial charge < -0.3 is 33.8 Å². The van der Waals surface area contributed by atoms with E-state index in [0.29, 0.717) is 25.7 Å². The Balaban J connectivity index is 5.24. The zero-order valence-corrected chi connectivity index (χ0v) is 65.4. The number of carbonyl (C=O) groups excluding carboxylic acids is 4. The third-order valence-corrected chi connectivity index (χ3v) is 19.7. The third kappa shape index (κ3) is 71.9. The number of carbonyl (C=O) groups is 4. The maximum Gasteiger partial charge on any atom is 0.472 e. The molecule has 0 aromatic rings. The number of rotatable bonds is 76. The Hall–Kier alpha value is -2.46. The van der Waals surface area contributed by atoms with E-state index in [0.717, 1.165) is 121 Å². The Morgan fingerprint density at radius 3 is 0.837 bits per heavy atom. The van der Waals surface area contributed by atoms with E-state index >= 15 is 0 Å². The number of ether oxygens (including phenoxy) is 4. The van der Waals surface area contributed by atoms with E-state index in [1.54, 1.807) is 0 Å². The molecule has 0 spiro atoms. The van der Waals surface area contributed by atoms with E-state index in [-0.39, 0.29) is 25.7 Å². The molecule has 0 radical (unpaired) electrons. The molecule has 0 aromatic heterocycles. The molecule has 0 fully saturated rings. The molecule has 0 amide bonds. The summed E-state index contributed by atoms with van der Waals surface area (Å²) < 4.78 is 68.5. The van der Waals surface area contributed by atoms with Crippen LogP contribution >= 0.6 is 15.6 Å². The van der Waals surface area contributed by atoms with Gasteiger partial charge in [0.15, 0.2) is 12.2 Å². The summed E-state index contributed by atoms with van der Waals surface area (Å²) in [5.41, 5.74) is 0. The fraction of sp³-hybridized carbons (Fsp3) is 0.899. The fourth-order valence-electron chi connectivity index (χ4n) is 11.6. The highest BCUT2D eigenvalue weighted by Crippen LogP contribution is 2.45. The van der Waals surface area contributed by atoms with Crippen molar-refractivity contribution < 1.29 is 80.2 Å². The predicted octanol–water partition coefficient (Wildman–Crippen LogP) is 23.1. The second kappa shape index (κ2) is 70.2. The highest BCUT2D eigenvalue weighted by atomic mass is 31.2. The smallest absolute Gasteiger partial charge is 0.462 e. The number of phosphoric ester groups is 2. The summed E-state index contributed by atoms with van der Waals surface area (Å²) in [6.45, 7) is 9.55. The molecular formula is C79H150O17P2. The molecule has 19 heteroatoms. The predicted molar refractivity (Wildman–Crippen MR) is 400 cm³/mol. The third-order valence-electron chi connectivity index (χ3n) is 17.8. The van der Waals surface area contributed by atoms with Crippen LogP contribution in [0.3, 0.4) is 0 Å². The van der Waals surface area contributed by atoms with Gasteiger partial charge in [0.25, 0.3) is 0 Å². The molecule has 0 aliphatic heterocycles. The number of allylic oxidation sites excluding steroid dienone is 4. The molecular weight excluding hydrogens is 1280 g/mol. The lowest BCUT2D eigenvalue weighted by Gasteiger charge is -2.21. The summed E-state index contributed by atoms with van der Waals surface area (Å²) in [4.78, 5) is 72.8. The van der Waals surface area contributed by atoms with Crippen molar-refractivity contribution in [1.82, 2.24) is 0 Å². The summed E-state index contributed by atoms with van der Waals surface area (Å²) in [6.07, 6.45) is 61.9. The summed E-state index contributed by atoms with van der Waals surface area (Å²) >= 11 is 0. The maximum absolute atomic E-state index is 13.1. The molecule has 98 heavy (non-hydrogen) atoms. The van der Waals surface area contributed by atoms with Crippen molar-refractivity contribution in [2.45, 2.75) is 407 Å². The van der Waals surface area contributed by atoms with Crippen molar-refractivity contribution in [1.29, 1.82) is 0 Å². The first-order valence-corrected chi connectivity index (χ1v) is 43.3. The van der Waals surface area contributed by atoms with Gasteiger partial charge in [-0.25, -0.2) is 9.13 Å². The first-order valence-electron chi connectivity index (χ1n) is 40.3. The van der Waals surface area contributed by atoms with Crippen LogP contribution in [-0.4, -0.2) is 96.7 Å². The molecule has 5 atom stereocenters. The molecule has 0 saturated carbocycles. The van der Waals surface area contributed by atoms with Gasteiger partial charge >= 0.3 is 39.5 Å². The van der Waals surface area contributed by atoms with Crippen molar-refractivity contribution in [2.24, 2.45) is 11.8 Å². The number of hydrogen-bond donors (Lipinski definition) is 3. The molecule has 0 heterocycles. The number of phosphoric acid groups is 2. The molecule has 0 aliphatic rings. The molecule has 578 valence electrons. The Morgan fingerprint density at radius 1 is 0.316 bits per heavy atom. The number of aliphatic hydroxyl groups is 1. The second-order valence-electron chi connectivity index (χ2n) is 28.7. The summed E-state index contributed by atoms with van der Waals surface area (Å²) in [7, 11) is -9.92. The zero-order chi connectivity index (χ0) is 72.1. The standard InChI is InChI=1S/C79H150O17P2/c1-7-9-11-13-15-17-18-19-24-28-31-38-44-50-56-62-77(82)90-68-75(95-78(83)63-57-51-45-39-32-29-26-23-21-20-22-25-27-30-36-41-47-53-59-71(3)4)70-94-98(87,88)92-66-73(80)65-91-97(85,86)93-69-74(67-89-76(81)61-55-49-43-35-16-14-12-10-8-2)96-79(84)64-58-52-46-40-34-33-37-42-48-54-60-72(5)6/h17-19,24,71-75,80H,7-16,20-23,25-70H2,1-6H3,(H,85,86)(H,87,88)/b18-17-,24-19-/t73-,74+,75+/m0/s1. The van der Waals surface area contributed by atoms with Crippen LogP contribution in [0.4, 0.5) is 0 Å². The Morgan fingerprint density at radius 2 is 0.551 bits per heavy atom. The molecule has 0 rings (SSSR count). The van der Waals surface area contributed by atoms with Crippen LogP contribution < -0.4 is 0 Å². The maximum atomic E-state index is 13.1. The van der Waals surface area contributed by atoms with E-state index in [9.17, 15) is 43.2 Å². The van der Waals surface area contributed by atoms with Crippen LogP contribution in [0.25, 0.3) is 0 Å².